The van der Waals surface area contributed by atoms with Crippen LogP contribution >= 0.6 is 0 Å². The summed E-state index contributed by atoms with van der Waals surface area (Å²) in [6.45, 7) is 6.29. The lowest BCUT2D eigenvalue weighted by Crippen LogP contribution is -2.42. The molecular formula is C27H29FN4O6. The number of carboxylic acids is 1. The summed E-state index contributed by atoms with van der Waals surface area (Å²) in [6, 6.07) is 7.70. The highest BCUT2D eigenvalue weighted by Gasteiger charge is 2.28. The first-order valence-corrected chi connectivity index (χ1v) is 12.0. The number of β-amino-alcohol motifs (C(OH)–C–C–N with tert-alkyl or cyclic N) is 1. The molecule has 0 saturated heterocycles. The SMILES string of the molecule is Cc1c(-c2ccc3c(c2)N(CC(C)(C)O)CCO3)c(CC(=O)O)n(C)c(=O)c1C(=O)Nc1ccc(F)cn1. The van der Waals surface area contributed by atoms with Crippen LogP contribution < -0.4 is 20.5 Å². The van der Waals surface area contributed by atoms with E-state index in [2.05, 4.69) is 10.3 Å². The van der Waals surface area contributed by atoms with Crippen molar-refractivity contribution < 1.29 is 28.9 Å². The van der Waals surface area contributed by atoms with Gasteiger partial charge in [0.25, 0.3) is 11.5 Å². The van der Waals surface area contributed by atoms with Crippen LogP contribution in [0.2, 0.25) is 0 Å². The van der Waals surface area contributed by atoms with Gasteiger partial charge in [0.2, 0.25) is 0 Å². The van der Waals surface area contributed by atoms with Crippen LogP contribution in [-0.2, 0) is 18.3 Å². The van der Waals surface area contributed by atoms with Gasteiger partial charge in [0.05, 0.1) is 30.5 Å². The molecular weight excluding hydrogens is 495 g/mol. The molecule has 1 aliphatic heterocycles. The monoisotopic (exact) mass is 524 g/mol. The maximum Gasteiger partial charge on any atom is 0.309 e. The number of hydrogen-bond acceptors (Lipinski definition) is 7. The largest absolute Gasteiger partial charge is 0.490 e. The lowest BCUT2D eigenvalue weighted by atomic mass is 9.92. The molecule has 1 aliphatic rings. The molecule has 3 heterocycles. The zero-order chi connectivity index (χ0) is 27.8. The van der Waals surface area contributed by atoms with Gasteiger partial charge in [-0.2, -0.15) is 0 Å². The number of hydrogen-bond donors (Lipinski definition) is 3. The molecule has 10 nitrogen and oxygen atoms in total. The first-order chi connectivity index (χ1) is 17.9. The number of aromatic nitrogens is 2. The van der Waals surface area contributed by atoms with E-state index in [0.717, 1.165) is 16.8 Å². The van der Waals surface area contributed by atoms with E-state index in [1.165, 1.54) is 13.1 Å². The summed E-state index contributed by atoms with van der Waals surface area (Å²) in [6.07, 6.45) is 0.487. The van der Waals surface area contributed by atoms with Gasteiger partial charge in [-0.05, 0) is 56.2 Å². The second kappa shape index (κ2) is 10.3. The second-order valence-electron chi connectivity index (χ2n) is 9.84. The van der Waals surface area contributed by atoms with Crippen molar-refractivity contribution in [1.29, 1.82) is 0 Å². The minimum atomic E-state index is -1.14. The van der Waals surface area contributed by atoms with Crippen LogP contribution in [0.3, 0.4) is 0 Å². The van der Waals surface area contributed by atoms with E-state index < -0.39 is 35.3 Å². The third kappa shape index (κ3) is 5.52. The molecule has 0 spiro atoms. The number of carbonyl (C=O) groups excluding carboxylic acids is 1. The second-order valence-corrected chi connectivity index (χ2v) is 9.84. The van der Waals surface area contributed by atoms with E-state index >= 15 is 0 Å². The van der Waals surface area contributed by atoms with Gasteiger partial charge in [-0.15, -0.1) is 0 Å². The molecule has 0 aliphatic carbocycles. The smallest absolute Gasteiger partial charge is 0.309 e. The van der Waals surface area contributed by atoms with Crippen molar-refractivity contribution in [3.05, 3.63) is 69.5 Å². The number of pyridine rings is 2. The Bertz CT molecular complexity index is 1460. The molecule has 0 unspecified atom stereocenters. The minimum Gasteiger partial charge on any atom is -0.490 e. The highest BCUT2D eigenvalue weighted by atomic mass is 19.1. The number of anilines is 2. The quantitative estimate of drug-likeness (QED) is 0.430. The maximum absolute atomic E-state index is 13.3. The van der Waals surface area contributed by atoms with Crippen LogP contribution in [0, 0.1) is 12.7 Å². The molecule has 0 fully saturated rings. The van der Waals surface area contributed by atoms with Crippen LogP contribution in [0.25, 0.3) is 11.1 Å². The summed E-state index contributed by atoms with van der Waals surface area (Å²) < 4.78 is 20.2. The minimum absolute atomic E-state index is 0.0576. The Labute approximate surface area is 218 Å². The molecule has 1 aromatic carbocycles. The summed E-state index contributed by atoms with van der Waals surface area (Å²) in [4.78, 5) is 44.1. The Morgan fingerprint density at radius 2 is 1.97 bits per heavy atom. The lowest BCUT2D eigenvalue weighted by molar-refractivity contribution is -0.136. The predicted octanol–water partition coefficient (Wildman–Crippen LogP) is 2.74. The van der Waals surface area contributed by atoms with Crippen LogP contribution in [0.4, 0.5) is 15.9 Å². The number of carboxylic acid groups (broad SMARTS) is 1. The molecule has 38 heavy (non-hydrogen) atoms. The van der Waals surface area contributed by atoms with Gasteiger partial charge in [0.1, 0.15) is 29.6 Å². The molecule has 2 aromatic heterocycles. The van der Waals surface area contributed by atoms with E-state index in [1.807, 2.05) is 11.0 Å². The summed E-state index contributed by atoms with van der Waals surface area (Å²) in [7, 11) is 1.42. The first kappa shape index (κ1) is 26.8. The highest BCUT2D eigenvalue weighted by molar-refractivity contribution is 6.06. The van der Waals surface area contributed by atoms with Crippen molar-refractivity contribution >= 4 is 23.4 Å². The number of halogens is 1. The first-order valence-electron chi connectivity index (χ1n) is 12.0. The number of amides is 1. The summed E-state index contributed by atoms with van der Waals surface area (Å²) in [5, 5.41) is 22.5. The molecule has 0 radical (unpaired) electrons. The summed E-state index contributed by atoms with van der Waals surface area (Å²) >= 11 is 0. The average Bonchev–Trinajstić information content (AvgIpc) is 2.83. The van der Waals surface area contributed by atoms with Crippen LogP contribution in [0.15, 0.2) is 41.3 Å². The average molecular weight is 525 g/mol. The highest BCUT2D eigenvalue weighted by Crippen LogP contribution is 2.38. The number of carbonyl (C=O) groups is 2. The van der Waals surface area contributed by atoms with Crippen molar-refractivity contribution in [3.8, 4) is 16.9 Å². The third-order valence-corrected chi connectivity index (χ3v) is 6.26. The van der Waals surface area contributed by atoms with E-state index in [-0.39, 0.29) is 22.6 Å². The number of nitrogens with one attached hydrogen (secondary N) is 1. The van der Waals surface area contributed by atoms with Crippen molar-refractivity contribution in [3.63, 3.8) is 0 Å². The van der Waals surface area contributed by atoms with Gasteiger partial charge in [-0.3, -0.25) is 14.4 Å². The fraction of sp³-hybridized carbons (Fsp3) is 0.333. The molecule has 0 atom stereocenters. The Balaban J connectivity index is 1.88. The summed E-state index contributed by atoms with van der Waals surface area (Å²) in [5.41, 5.74) is 0.364. The number of ether oxygens (including phenoxy) is 1. The van der Waals surface area contributed by atoms with E-state index in [0.29, 0.717) is 42.3 Å². The zero-order valence-electron chi connectivity index (χ0n) is 21.5. The van der Waals surface area contributed by atoms with Gasteiger partial charge >= 0.3 is 5.97 Å². The number of aliphatic carboxylic acids is 1. The molecule has 3 N–H and O–H groups in total. The van der Waals surface area contributed by atoms with E-state index in [4.69, 9.17) is 4.74 Å². The van der Waals surface area contributed by atoms with E-state index in [1.54, 1.807) is 32.9 Å². The normalized spacial score (nSPS) is 13.1. The Morgan fingerprint density at radius 1 is 1.24 bits per heavy atom. The van der Waals surface area contributed by atoms with Crippen molar-refractivity contribution in [2.75, 3.05) is 29.9 Å². The number of rotatable bonds is 7. The van der Waals surface area contributed by atoms with Gasteiger partial charge in [-0.1, -0.05) is 6.07 Å². The molecule has 3 aromatic rings. The summed E-state index contributed by atoms with van der Waals surface area (Å²) in [5.74, 6) is -1.81. The molecule has 200 valence electrons. The number of aliphatic hydroxyl groups is 1. The standard InChI is InChI=1S/C27H29FN4O6/c1-15-23(16-5-7-20-18(11-16)32(9-10-38-20)14-27(2,3)37)19(12-22(33)34)31(4)26(36)24(15)25(35)30-21-8-6-17(28)13-29-21/h5-8,11,13,37H,9-10,12,14H2,1-4H3,(H,33,34)(H,29,30,35). The Hall–Kier alpha value is -4.25. The maximum atomic E-state index is 13.3. The topological polar surface area (TPSA) is 134 Å². The molecule has 0 saturated carbocycles. The fourth-order valence-electron chi connectivity index (χ4n) is 4.65. The van der Waals surface area contributed by atoms with Crippen LogP contribution in [0.5, 0.6) is 5.75 Å². The lowest BCUT2D eigenvalue weighted by Gasteiger charge is -2.35. The van der Waals surface area contributed by atoms with Gasteiger partial charge in [0.15, 0.2) is 0 Å². The molecule has 4 rings (SSSR count). The molecule has 0 bridgehead atoms. The number of fused-ring (bicyclic) bond motifs is 1. The molecule has 11 heteroatoms. The van der Waals surface area contributed by atoms with E-state index in [9.17, 15) is 29.0 Å². The Kier molecular flexibility index (Phi) is 7.23. The third-order valence-electron chi connectivity index (χ3n) is 6.26. The van der Waals surface area contributed by atoms with Crippen molar-refractivity contribution in [2.24, 2.45) is 7.05 Å². The number of benzene rings is 1. The number of nitrogens with zero attached hydrogens (tertiary/aromatic N) is 3. The molecule has 1 amide bonds. The predicted molar refractivity (Wildman–Crippen MR) is 139 cm³/mol. The van der Waals surface area contributed by atoms with Crippen molar-refractivity contribution in [2.45, 2.75) is 32.8 Å². The van der Waals surface area contributed by atoms with Gasteiger partial charge in [0, 0.05) is 24.8 Å². The Morgan fingerprint density at radius 3 is 2.61 bits per heavy atom. The fourth-order valence-corrected chi connectivity index (χ4v) is 4.65. The van der Waals surface area contributed by atoms with Crippen LogP contribution in [-0.4, -0.2) is 56.9 Å². The van der Waals surface area contributed by atoms with Gasteiger partial charge in [-0.25, -0.2) is 9.37 Å². The zero-order valence-corrected chi connectivity index (χ0v) is 21.5. The van der Waals surface area contributed by atoms with Crippen molar-refractivity contribution in [1.82, 2.24) is 9.55 Å². The van der Waals surface area contributed by atoms with Crippen LogP contribution in [0.1, 0.15) is 35.5 Å². The van der Waals surface area contributed by atoms with Gasteiger partial charge < -0.3 is 29.7 Å².